The van der Waals surface area contributed by atoms with Gasteiger partial charge in [-0.2, -0.15) is 0 Å². The van der Waals surface area contributed by atoms with Gasteiger partial charge in [-0.25, -0.2) is 0 Å². The maximum atomic E-state index is 12.5. The molecule has 0 spiro atoms. The summed E-state index contributed by atoms with van der Waals surface area (Å²) in [5.41, 5.74) is 6.65. The number of pyridine rings is 1. The van der Waals surface area contributed by atoms with Crippen LogP contribution in [0.2, 0.25) is 0 Å². The van der Waals surface area contributed by atoms with Gasteiger partial charge in [0, 0.05) is 43.6 Å². The van der Waals surface area contributed by atoms with E-state index in [4.69, 9.17) is 5.73 Å². The molecule has 3 rings (SSSR count). The summed E-state index contributed by atoms with van der Waals surface area (Å²) in [6.07, 6.45) is 7.25. The maximum Gasteiger partial charge on any atom is 0.253 e. The van der Waals surface area contributed by atoms with Crippen molar-refractivity contribution in [3.05, 3.63) is 30.1 Å². The van der Waals surface area contributed by atoms with Gasteiger partial charge >= 0.3 is 0 Å². The van der Waals surface area contributed by atoms with Crippen molar-refractivity contribution in [2.75, 3.05) is 19.6 Å². The largest absolute Gasteiger partial charge is 0.354 e. The molecule has 1 aliphatic carbocycles. The highest BCUT2D eigenvalue weighted by atomic mass is 35.5. The number of nitrogens with two attached hydrogens (primary N) is 1. The van der Waals surface area contributed by atoms with Crippen LogP contribution in [-0.4, -0.2) is 47.4 Å². The predicted molar refractivity (Wildman–Crippen MR) is 101 cm³/mol. The Balaban J connectivity index is 0.00000156. The summed E-state index contributed by atoms with van der Waals surface area (Å²) in [5, 5.41) is 2.96. The monoisotopic (exact) mass is 388 g/mol. The number of piperidine rings is 1. The molecule has 2 aliphatic rings. The number of likely N-dealkylation sites (tertiary alicyclic amines) is 1. The van der Waals surface area contributed by atoms with Crippen LogP contribution in [-0.2, 0) is 4.79 Å². The quantitative estimate of drug-likeness (QED) is 0.801. The molecule has 0 radical (unpaired) electrons. The molecule has 2 fully saturated rings. The second kappa shape index (κ2) is 9.94. The number of hydrogen-bond donors (Lipinski definition) is 2. The van der Waals surface area contributed by atoms with Gasteiger partial charge < -0.3 is 16.0 Å². The number of aromatic nitrogens is 1. The van der Waals surface area contributed by atoms with Crippen molar-refractivity contribution in [1.82, 2.24) is 15.2 Å². The van der Waals surface area contributed by atoms with Crippen LogP contribution < -0.4 is 11.1 Å². The molecule has 6 nitrogen and oxygen atoms in total. The number of halogens is 2. The maximum absolute atomic E-state index is 12.5. The van der Waals surface area contributed by atoms with Crippen molar-refractivity contribution < 1.29 is 9.59 Å². The van der Waals surface area contributed by atoms with Gasteiger partial charge in [-0.15, -0.1) is 24.8 Å². The van der Waals surface area contributed by atoms with E-state index in [2.05, 4.69) is 10.3 Å². The lowest BCUT2D eigenvalue weighted by Crippen LogP contribution is -2.47. The Kier molecular flexibility index (Phi) is 8.62. The highest BCUT2D eigenvalue weighted by Gasteiger charge is 2.31. The normalized spacial score (nSPS) is 20.7. The SMILES string of the molecule is Cl.Cl.NC(CNC(=O)C1CCCN(C(=O)c2ccncc2)C1)C1CC1. The van der Waals surface area contributed by atoms with Gasteiger partial charge in [-0.3, -0.25) is 14.6 Å². The minimum absolute atomic E-state index is 0. The number of carbonyl (C=O) groups is 2. The molecule has 2 unspecified atom stereocenters. The third-order valence-electron chi connectivity index (χ3n) is 4.75. The Morgan fingerprint density at radius 3 is 2.56 bits per heavy atom. The topological polar surface area (TPSA) is 88.3 Å². The van der Waals surface area contributed by atoms with E-state index in [0.717, 1.165) is 12.8 Å². The van der Waals surface area contributed by atoms with Crippen LogP contribution in [0.25, 0.3) is 0 Å². The van der Waals surface area contributed by atoms with E-state index in [9.17, 15) is 9.59 Å². The summed E-state index contributed by atoms with van der Waals surface area (Å²) in [6.45, 7) is 1.72. The first-order valence-electron chi connectivity index (χ1n) is 8.37. The second-order valence-corrected chi connectivity index (χ2v) is 6.57. The van der Waals surface area contributed by atoms with E-state index in [0.29, 0.717) is 31.1 Å². The van der Waals surface area contributed by atoms with Crippen molar-refractivity contribution in [3.63, 3.8) is 0 Å². The van der Waals surface area contributed by atoms with Gasteiger partial charge in [0.05, 0.1) is 5.92 Å². The minimum Gasteiger partial charge on any atom is -0.354 e. The Labute approximate surface area is 160 Å². The highest BCUT2D eigenvalue weighted by molar-refractivity contribution is 5.94. The molecular weight excluding hydrogens is 363 g/mol. The lowest BCUT2D eigenvalue weighted by Gasteiger charge is -2.32. The molecule has 25 heavy (non-hydrogen) atoms. The summed E-state index contributed by atoms with van der Waals surface area (Å²) in [6, 6.07) is 3.48. The lowest BCUT2D eigenvalue weighted by atomic mass is 9.96. The van der Waals surface area contributed by atoms with Gasteiger partial charge in [0.2, 0.25) is 5.91 Å². The molecule has 8 heteroatoms. The Morgan fingerprint density at radius 1 is 1.24 bits per heavy atom. The minimum atomic E-state index is -0.138. The Hall–Kier alpha value is -1.37. The number of rotatable bonds is 5. The van der Waals surface area contributed by atoms with E-state index in [1.165, 1.54) is 12.8 Å². The van der Waals surface area contributed by atoms with Crippen LogP contribution in [0.5, 0.6) is 0 Å². The molecule has 2 heterocycles. The summed E-state index contributed by atoms with van der Waals surface area (Å²) >= 11 is 0. The molecule has 1 aromatic heterocycles. The summed E-state index contributed by atoms with van der Waals surface area (Å²) in [7, 11) is 0. The first-order valence-corrected chi connectivity index (χ1v) is 8.37. The molecule has 1 saturated carbocycles. The number of nitrogens with one attached hydrogen (secondary N) is 1. The fraction of sp³-hybridized carbons (Fsp3) is 0.588. The van der Waals surface area contributed by atoms with Gasteiger partial charge in [0.1, 0.15) is 0 Å². The van der Waals surface area contributed by atoms with Crippen molar-refractivity contribution in [3.8, 4) is 0 Å². The number of nitrogens with zero attached hydrogens (tertiary/aromatic N) is 2. The van der Waals surface area contributed by atoms with Crippen molar-refractivity contribution in [2.24, 2.45) is 17.6 Å². The van der Waals surface area contributed by atoms with Crippen LogP contribution >= 0.6 is 24.8 Å². The average Bonchev–Trinajstić information content (AvgIpc) is 3.44. The molecule has 3 N–H and O–H groups in total. The van der Waals surface area contributed by atoms with E-state index < -0.39 is 0 Å². The molecular formula is C17H26Cl2N4O2. The third kappa shape index (κ3) is 5.83. The Morgan fingerprint density at radius 2 is 1.92 bits per heavy atom. The highest BCUT2D eigenvalue weighted by Crippen LogP contribution is 2.31. The predicted octanol–water partition coefficient (Wildman–Crippen LogP) is 1.63. The number of carbonyl (C=O) groups excluding carboxylic acids is 2. The van der Waals surface area contributed by atoms with Crippen molar-refractivity contribution >= 4 is 36.6 Å². The van der Waals surface area contributed by atoms with E-state index in [-0.39, 0.29) is 48.6 Å². The smallest absolute Gasteiger partial charge is 0.253 e. The summed E-state index contributed by atoms with van der Waals surface area (Å²) in [5.74, 6) is 0.431. The molecule has 0 bridgehead atoms. The molecule has 1 aromatic rings. The zero-order valence-electron chi connectivity index (χ0n) is 14.1. The standard InChI is InChI=1S/C17H24N4O2.2ClH/c18-15(12-3-4-12)10-20-16(22)14-2-1-9-21(11-14)17(23)13-5-7-19-8-6-13;;/h5-8,12,14-15H,1-4,9-11,18H2,(H,20,22);2*1H. The first-order chi connectivity index (χ1) is 11.1. The number of amides is 2. The van der Waals surface area contributed by atoms with Gasteiger partial charge in [-0.1, -0.05) is 0 Å². The zero-order chi connectivity index (χ0) is 16.2. The molecule has 0 aromatic carbocycles. The molecule has 2 atom stereocenters. The second-order valence-electron chi connectivity index (χ2n) is 6.57. The van der Waals surface area contributed by atoms with Crippen LogP contribution in [0, 0.1) is 11.8 Å². The van der Waals surface area contributed by atoms with Crippen LogP contribution in [0.4, 0.5) is 0 Å². The number of hydrogen-bond acceptors (Lipinski definition) is 4. The van der Waals surface area contributed by atoms with E-state index >= 15 is 0 Å². The molecule has 140 valence electrons. The molecule has 2 amide bonds. The van der Waals surface area contributed by atoms with Crippen LogP contribution in [0.3, 0.4) is 0 Å². The average molecular weight is 389 g/mol. The first kappa shape index (κ1) is 21.7. The van der Waals surface area contributed by atoms with E-state index in [1.807, 2.05) is 0 Å². The summed E-state index contributed by atoms with van der Waals surface area (Å²) in [4.78, 5) is 30.5. The van der Waals surface area contributed by atoms with Crippen molar-refractivity contribution in [2.45, 2.75) is 31.7 Å². The molecule has 1 saturated heterocycles. The van der Waals surface area contributed by atoms with Gasteiger partial charge in [0.25, 0.3) is 5.91 Å². The fourth-order valence-electron chi connectivity index (χ4n) is 3.11. The van der Waals surface area contributed by atoms with E-state index in [1.54, 1.807) is 29.4 Å². The van der Waals surface area contributed by atoms with Gasteiger partial charge in [-0.05, 0) is 43.7 Å². The van der Waals surface area contributed by atoms with Crippen LogP contribution in [0.1, 0.15) is 36.0 Å². The lowest BCUT2D eigenvalue weighted by molar-refractivity contribution is -0.126. The third-order valence-corrected chi connectivity index (χ3v) is 4.75. The van der Waals surface area contributed by atoms with Crippen LogP contribution in [0.15, 0.2) is 24.5 Å². The Bertz CT molecular complexity index is 569. The van der Waals surface area contributed by atoms with Crippen molar-refractivity contribution in [1.29, 1.82) is 0 Å². The fourth-order valence-corrected chi connectivity index (χ4v) is 3.11. The van der Waals surface area contributed by atoms with Gasteiger partial charge in [0.15, 0.2) is 0 Å². The zero-order valence-corrected chi connectivity index (χ0v) is 15.7. The summed E-state index contributed by atoms with van der Waals surface area (Å²) < 4.78 is 0. The molecule has 1 aliphatic heterocycles.